The number of methoxy groups -OCH3 is 1. The third-order valence-corrected chi connectivity index (χ3v) is 3.73. The van der Waals surface area contributed by atoms with Crippen molar-refractivity contribution >= 4 is 10.9 Å². The monoisotopic (exact) mass is 290 g/mol. The minimum atomic E-state index is 0.293. The zero-order valence-corrected chi connectivity index (χ0v) is 12.8. The highest BCUT2D eigenvalue weighted by Gasteiger charge is 2.07. The van der Waals surface area contributed by atoms with Crippen molar-refractivity contribution in [1.82, 2.24) is 9.88 Å². The molecule has 0 amide bonds. The molecule has 1 heterocycles. The normalized spacial score (nSPS) is 11.3. The van der Waals surface area contributed by atoms with E-state index in [4.69, 9.17) is 9.84 Å². The van der Waals surface area contributed by atoms with Crippen molar-refractivity contribution in [3.8, 4) is 0 Å². The van der Waals surface area contributed by atoms with Crippen LogP contribution < -0.4 is 5.32 Å². The summed E-state index contributed by atoms with van der Waals surface area (Å²) in [6.45, 7) is 3.78. The molecule has 0 fully saturated rings. The summed E-state index contributed by atoms with van der Waals surface area (Å²) >= 11 is 0. The Morgan fingerprint density at radius 1 is 1.19 bits per heavy atom. The van der Waals surface area contributed by atoms with Gasteiger partial charge in [0.05, 0.1) is 6.61 Å². The number of unbranched alkanes of at least 4 members (excludes halogenated alkanes) is 2. The summed E-state index contributed by atoms with van der Waals surface area (Å²) < 4.78 is 7.39. The van der Waals surface area contributed by atoms with E-state index in [1.54, 1.807) is 7.11 Å². The highest BCUT2D eigenvalue weighted by Crippen LogP contribution is 2.21. The first kappa shape index (κ1) is 16.0. The van der Waals surface area contributed by atoms with E-state index < -0.39 is 0 Å². The first-order chi connectivity index (χ1) is 10.4. The highest BCUT2D eigenvalue weighted by molar-refractivity contribution is 5.83. The van der Waals surface area contributed by atoms with Crippen molar-refractivity contribution in [1.29, 1.82) is 0 Å². The Bertz CT molecular complexity index is 491. The molecule has 116 valence electrons. The second kappa shape index (κ2) is 8.82. The third-order valence-electron chi connectivity index (χ3n) is 3.73. The molecule has 0 saturated carbocycles. The zero-order chi connectivity index (χ0) is 14.9. The number of nitrogens with zero attached hydrogens (tertiary/aromatic N) is 1. The Kier molecular flexibility index (Phi) is 6.73. The van der Waals surface area contributed by atoms with Gasteiger partial charge < -0.3 is 19.7 Å². The van der Waals surface area contributed by atoms with Gasteiger partial charge in [-0.1, -0.05) is 18.2 Å². The molecular formula is C17H26N2O2. The molecule has 0 saturated heterocycles. The highest BCUT2D eigenvalue weighted by atomic mass is 16.5. The van der Waals surface area contributed by atoms with E-state index in [-0.39, 0.29) is 0 Å². The predicted molar refractivity (Wildman–Crippen MR) is 86.5 cm³/mol. The first-order valence-corrected chi connectivity index (χ1v) is 7.74. The van der Waals surface area contributed by atoms with Crippen LogP contribution in [-0.4, -0.2) is 36.5 Å². The van der Waals surface area contributed by atoms with Crippen molar-refractivity contribution in [2.24, 2.45) is 0 Å². The van der Waals surface area contributed by atoms with Gasteiger partial charge in [-0.15, -0.1) is 0 Å². The Hall–Kier alpha value is -1.36. The fourth-order valence-corrected chi connectivity index (χ4v) is 2.62. The van der Waals surface area contributed by atoms with Gasteiger partial charge in [-0.25, -0.2) is 0 Å². The number of para-hydroxylation sites is 1. The number of hydrogen-bond donors (Lipinski definition) is 2. The number of aliphatic hydroxyl groups excluding tert-OH is 1. The van der Waals surface area contributed by atoms with Gasteiger partial charge in [0.2, 0.25) is 0 Å². The van der Waals surface area contributed by atoms with Gasteiger partial charge in [0.1, 0.15) is 0 Å². The first-order valence-electron chi connectivity index (χ1n) is 7.74. The van der Waals surface area contributed by atoms with Crippen molar-refractivity contribution < 1.29 is 9.84 Å². The van der Waals surface area contributed by atoms with Gasteiger partial charge in [-0.05, 0) is 30.9 Å². The maximum Gasteiger partial charge on any atom is 0.0587 e. The average Bonchev–Trinajstić information content (AvgIpc) is 2.87. The average molecular weight is 290 g/mol. The molecule has 0 aliphatic heterocycles. The molecule has 0 spiro atoms. The molecule has 1 aromatic heterocycles. The van der Waals surface area contributed by atoms with Crippen LogP contribution in [0.15, 0.2) is 30.5 Å². The number of fused-ring (bicyclic) bond motifs is 1. The number of benzene rings is 1. The summed E-state index contributed by atoms with van der Waals surface area (Å²) in [7, 11) is 1.72. The standard InChI is InChI=1S/C17H26N2O2/c1-21-12-9-18-13-15-14-19(10-5-2-6-11-20)17-8-4-3-7-16(15)17/h3-4,7-8,14,18,20H,2,5-6,9-13H2,1H3. The van der Waals surface area contributed by atoms with Gasteiger partial charge in [-0.3, -0.25) is 0 Å². The topological polar surface area (TPSA) is 46.4 Å². The van der Waals surface area contributed by atoms with E-state index in [0.29, 0.717) is 6.61 Å². The Morgan fingerprint density at radius 3 is 2.86 bits per heavy atom. The lowest BCUT2D eigenvalue weighted by Gasteiger charge is -2.04. The molecule has 0 radical (unpaired) electrons. The van der Waals surface area contributed by atoms with Crippen molar-refractivity contribution in [3.63, 3.8) is 0 Å². The van der Waals surface area contributed by atoms with E-state index in [1.807, 2.05) is 0 Å². The SMILES string of the molecule is COCCNCc1cn(CCCCCO)c2ccccc12. The quantitative estimate of drug-likeness (QED) is 0.661. The van der Waals surface area contributed by atoms with Crippen LogP contribution in [0.4, 0.5) is 0 Å². The fraction of sp³-hybridized carbons (Fsp3) is 0.529. The van der Waals surface area contributed by atoms with Crippen LogP contribution in [0.25, 0.3) is 10.9 Å². The molecular weight excluding hydrogens is 264 g/mol. The Morgan fingerprint density at radius 2 is 2.05 bits per heavy atom. The molecule has 1 aromatic carbocycles. The number of aliphatic hydroxyl groups is 1. The fourth-order valence-electron chi connectivity index (χ4n) is 2.62. The van der Waals surface area contributed by atoms with Gasteiger partial charge in [0.15, 0.2) is 0 Å². The third kappa shape index (κ3) is 4.56. The smallest absolute Gasteiger partial charge is 0.0587 e. The summed E-state index contributed by atoms with van der Waals surface area (Å²) in [4.78, 5) is 0. The van der Waals surface area contributed by atoms with E-state index in [2.05, 4.69) is 40.3 Å². The molecule has 0 atom stereocenters. The molecule has 2 N–H and O–H groups in total. The van der Waals surface area contributed by atoms with Crippen LogP contribution in [0.5, 0.6) is 0 Å². The lowest BCUT2D eigenvalue weighted by molar-refractivity contribution is 0.199. The van der Waals surface area contributed by atoms with Crippen molar-refractivity contribution in [2.75, 3.05) is 26.9 Å². The van der Waals surface area contributed by atoms with Crippen LogP contribution in [-0.2, 0) is 17.8 Å². The second-order valence-electron chi connectivity index (χ2n) is 5.32. The predicted octanol–water partition coefficient (Wildman–Crippen LogP) is 2.54. The summed E-state index contributed by atoms with van der Waals surface area (Å²) in [5.41, 5.74) is 2.63. The molecule has 0 bridgehead atoms. The van der Waals surface area contributed by atoms with E-state index in [0.717, 1.165) is 45.5 Å². The largest absolute Gasteiger partial charge is 0.396 e. The molecule has 4 heteroatoms. The molecule has 4 nitrogen and oxygen atoms in total. The number of hydrogen-bond acceptors (Lipinski definition) is 3. The number of aromatic nitrogens is 1. The number of nitrogens with one attached hydrogen (secondary N) is 1. The summed E-state index contributed by atoms with van der Waals surface area (Å²) in [5.74, 6) is 0. The lowest BCUT2D eigenvalue weighted by Crippen LogP contribution is -2.18. The Balaban J connectivity index is 2.03. The maximum atomic E-state index is 8.85. The summed E-state index contributed by atoms with van der Waals surface area (Å²) in [5, 5.41) is 13.6. The number of rotatable bonds is 10. The van der Waals surface area contributed by atoms with Gasteiger partial charge in [0, 0.05) is 50.5 Å². The minimum absolute atomic E-state index is 0.293. The molecule has 21 heavy (non-hydrogen) atoms. The van der Waals surface area contributed by atoms with Crippen molar-refractivity contribution in [2.45, 2.75) is 32.4 Å². The number of aryl methyl sites for hydroxylation is 1. The van der Waals surface area contributed by atoms with Crippen LogP contribution >= 0.6 is 0 Å². The molecule has 0 unspecified atom stereocenters. The zero-order valence-electron chi connectivity index (χ0n) is 12.8. The van der Waals surface area contributed by atoms with Crippen LogP contribution in [0.1, 0.15) is 24.8 Å². The maximum absolute atomic E-state index is 8.85. The molecule has 0 aliphatic rings. The van der Waals surface area contributed by atoms with Gasteiger partial charge >= 0.3 is 0 Å². The molecule has 2 rings (SSSR count). The summed E-state index contributed by atoms with van der Waals surface area (Å²) in [6, 6.07) is 8.55. The van der Waals surface area contributed by atoms with Crippen LogP contribution in [0, 0.1) is 0 Å². The minimum Gasteiger partial charge on any atom is -0.396 e. The van der Waals surface area contributed by atoms with Crippen molar-refractivity contribution in [3.05, 3.63) is 36.0 Å². The van der Waals surface area contributed by atoms with Crippen LogP contribution in [0.3, 0.4) is 0 Å². The summed E-state index contributed by atoms with van der Waals surface area (Å²) in [6.07, 6.45) is 5.33. The van der Waals surface area contributed by atoms with Gasteiger partial charge in [0.25, 0.3) is 0 Å². The van der Waals surface area contributed by atoms with E-state index in [1.165, 1.54) is 16.5 Å². The number of ether oxygens (including phenoxy) is 1. The molecule has 0 aliphatic carbocycles. The van der Waals surface area contributed by atoms with Crippen LogP contribution in [0.2, 0.25) is 0 Å². The lowest BCUT2D eigenvalue weighted by atomic mass is 10.2. The van der Waals surface area contributed by atoms with Gasteiger partial charge in [-0.2, -0.15) is 0 Å². The van der Waals surface area contributed by atoms with E-state index >= 15 is 0 Å². The van der Waals surface area contributed by atoms with E-state index in [9.17, 15) is 0 Å². The second-order valence-corrected chi connectivity index (χ2v) is 5.32. The Labute approximate surface area is 126 Å². The molecule has 2 aromatic rings.